The molecular formula is C8H10N2O4S. The lowest BCUT2D eigenvalue weighted by Crippen LogP contribution is -2.23. The number of carbonyl (C=O) groups excluding carboxylic acids is 1. The topological polar surface area (TPSA) is 98.5 Å². The number of methoxy groups -OCH3 is 1. The normalized spacial score (nSPS) is 10.8. The first-order valence-corrected chi connectivity index (χ1v) is 5.46. The molecule has 0 aliphatic carbocycles. The Balaban J connectivity index is 3.13. The first-order valence-electron chi connectivity index (χ1n) is 3.92. The minimum Gasteiger partial charge on any atom is -0.465 e. The van der Waals surface area contributed by atoms with Crippen LogP contribution in [0.1, 0.15) is 10.4 Å². The van der Waals surface area contributed by atoms with E-state index in [1.165, 1.54) is 19.2 Å². The predicted octanol–water partition coefficient (Wildman–Crippen LogP) is 0.0886. The maximum atomic E-state index is 11.2. The Labute approximate surface area is 87.2 Å². The van der Waals surface area contributed by atoms with Crippen molar-refractivity contribution in [2.24, 2.45) is 5.14 Å². The van der Waals surface area contributed by atoms with Crippen molar-refractivity contribution < 1.29 is 17.9 Å². The highest BCUT2D eigenvalue weighted by atomic mass is 32.2. The number of nitrogens with one attached hydrogen (secondary N) is 1. The Bertz CT molecular complexity index is 469. The maximum absolute atomic E-state index is 11.2. The molecule has 0 unspecified atom stereocenters. The average Bonchev–Trinajstić information content (AvgIpc) is 2.15. The molecule has 0 fully saturated rings. The lowest BCUT2D eigenvalue weighted by molar-refractivity contribution is 0.0602. The van der Waals surface area contributed by atoms with Crippen LogP contribution in [0.25, 0.3) is 0 Å². The molecule has 0 spiro atoms. The van der Waals surface area contributed by atoms with E-state index in [2.05, 4.69) is 4.74 Å². The largest absolute Gasteiger partial charge is 0.465 e. The summed E-state index contributed by atoms with van der Waals surface area (Å²) in [5, 5.41) is 4.79. The van der Waals surface area contributed by atoms with Gasteiger partial charge in [-0.25, -0.2) is 9.93 Å². The standard InChI is InChI=1S/C8H10N2O4S/c1-14-8(11)6-4-2-3-5-7(6)10-15(9,12)13/h2-5,10H,1H3,(H2,9,12,13). The van der Waals surface area contributed by atoms with Crippen LogP contribution < -0.4 is 9.86 Å². The zero-order chi connectivity index (χ0) is 11.5. The van der Waals surface area contributed by atoms with Gasteiger partial charge in [0, 0.05) is 0 Å². The molecule has 1 rings (SSSR count). The number of hydrogen-bond acceptors (Lipinski definition) is 4. The third kappa shape index (κ3) is 3.22. The van der Waals surface area contributed by atoms with Gasteiger partial charge in [0.15, 0.2) is 0 Å². The number of ether oxygens (including phenoxy) is 1. The highest BCUT2D eigenvalue weighted by molar-refractivity contribution is 7.90. The molecule has 15 heavy (non-hydrogen) atoms. The van der Waals surface area contributed by atoms with Crippen molar-refractivity contribution >= 4 is 21.9 Å². The van der Waals surface area contributed by atoms with Crippen LogP contribution in [0.4, 0.5) is 5.69 Å². The van der Waals surface area contributed by atoms with Crippen LogP contribution >= 0.6 is 0 Å². The molecule has 1 aromatic rings. The lowest BCUT2D eigenvalue weighted by atomic mass is 10.2. The Kier molecular flexibility index (Phi) is 3.28. The van der Waals surface area contributed by atoms with Gasteiger partial charge in [-0.1, -0.05) is 12.1 Å². The van der Waals surface area contributed by atoms with E-state index in [1.54, 1.807) is 12.1 Å². The van der Waals surface area contributed by atoms with Gasteiger partial charge in [0.25, 0.3) is 10.2 Å². The number of rotatable bonds is 3. The first-order chi connectivity index (χ1) is 6.94. The number of esters is 1. The van der Waals surface area contributed by atoms with E-state index in [9.17, 15) is 13.2 Å². The second-order valence-corrected chi connectivity index (χ2v) is 3.98. The highest BCUT2D eigenvalue weighted by Gasteiger charge is 2.13. The van der Waals surface area contributed by atoms with Gasteiger partial charge in [-0.2, -0.15) is 8.42 Å². The van der Waals surface area contributed by atoms with E-state index in [4.69, 9.17) is 5.14 Å². The fourth-order valence-corrected chi connectivity index (χ4v) is 1.50. The van der Waals surface area contributed by atoms with Crippen LogP contribution in [0.15, 0.2) is 24.3 Å². The smallest absolute Gasteiger partial charge is 0.339 e. The average molecular weight is 230 g/mol. The van der Waals surface area contributed by atoms with Gasteiger partial charge in [0.1, 0.15) is 0 Å². The molecule has 1 aromatic carbocycles. The molecule has 0 amide bonds. The SMILES string of the molecule is COC(=O)c1ccccc1NS(N)(=O)=O. The minimum atomic E-state index is -3.90. The van der Waals surface area contributed by atoms with Crippen LogP contribution in [0.2, 0.25) is 0 Å². The Hall–Kier alpha value is -1.60. The second kappa shape index (κ2) is 4.28. The zero-order valence-corrected chi connectivity index (χ0v) is 8.74. The molecule has 3 N–H and O–H groups in total. The summed E-state index contributed by atoms with van der Waals surface area (Å²) in [4.78, 5) is 11.2. The molecule has 0 saturated heterocycles. The number of carbonyl (C=O) groups is 1. The van der Waals surface area contributed by atoms with E-state index < -0.39 is 16.2 Å². The number of anilines is 1. The van der Waals surface area contributed by atoms with Gasteiger partial charge >= 0.3 is 5.97 Å². The van der Waals surface area contributed by atoms with Gasteiger partial charge in [-0.3, -0.25) is 4.72 Å². The molecule has 6 nitrogen and oxygen atoms in total. The third-order valence-electron chi connectivity index (χ3n) is 1.58. The van der Waals surface area contributed by atoms with Gasteiger partial charge in [-0.05, 0) is 12.1 Å². The summed E-state index contributed by atoms with van der Waals surface area (Å²) < 4.78 is 28.0. The summed E-state index contributed by atoms with van der Waals surface area (Å²) in [6.07, 6.45) is 0. The molecular weight excluding hydrogens is 220 g/mol. The molecule has 0 aliphatic heterocycles. The van der Waals surface area contributed by atoms with E-state index in [0.717, 1.165) is 0 Å². The van der Waals surface area contributed by atoms with Crippen LogP contribution in [0.3, 0.4) is 0 Å². The minimum absolute atomic E-state index is 0.0897. The monoisotopic (exact) mass is 230 g/mol. The number of nitrogens with two attached hydrogens (primary N) is 1. The summed E-state index contributed by atoms with van der Waals surface area (Å²) >= 11 is 0. The molecule has 7 heteroatoms. The van der Waals surface area contributed by atoms with Crippen molar-refractivity contribution in [3.8, 4) is 0 Å². The molecule has 0 aromatic heterocycles. The number of para-hydroxylation sites is 1. The summed E-state index contributed by atoms with van der Waals surface area (Å²) in [7, 11) is -2.69. The van der Waals surface area contributed by atoms with Crippen molar-refractivity contribution in [2.45, 2.75) is 0 Å². The van der Waals surface area contributed by atoms with Crippen LogP contribution in [0.5, 0.6) is 0 Å². The van der Waals surface area contributed by atoms with E-state index in [0.29, 0.717) is 0 Å². The Morgan fingerprint density at radius 2 is 2.00 bits per heavy atom. The first kappa shape index (κ1) is 11.5. The van der Waals surface area contributed by atoms with Crippen molar-refractivity contribution in [1.29, 1.82) is 0 Å². The van der Waals surface area contributed by atoms with Gasteiger partial charge in [-0.15, -0.1) is 0 Å². The zero-order valence-electron chi connectivity index (χ0n) is 7.93. The van der Waals surface area contributed by atoms with E-state index in [-0.39, 0.29) is 11.3 Å². The van der Waals surface area contributed by atoms with Gasteiger partial charge in [0.2, 0.25) is 0 Å². The maximum Gasteiger partial charge on any atom is 0.339 e. The summed E-state index contributed by atoms with van der Waals surface area (Å²) in [6.45, 7) is 0. The van der Waals surface area contributed by atoms with Crippen molar-refractivity contribution in [1.82, 2.24) is 0 Å². The van der Waals surface area contributed by atoms with E-state index >= 15 is 0 Å². The predicted molar refractivity (Wildman–Crippen MR) is 54.5 cm³/mol. The number of hydrogen-bond donors (Lipinski definition) is 2. The van der Waals surface area contributed by atoms with E-state index in [1.807, 2.05) is 4.72 Å². The molecule has 0 heterocycles. The Morgan fingerprint density at radius 3 is 2.53 bits per heavy atom. The second-order valence-electron chi connectivity index (χ2n) is 2.68. The molecule has 82 valence electrons. The summed E-state index contributed by atoms with van der Waals surface area (Å²) in [6, 6.07) is 6.00. The fraction of sp³-hybridized carbons (Fsp3) is 0.125. The summed E-state index contributed by atoms with van der Waals surface area (Å²) in [5.74, 6) is -0.637. The lowest BCUT2D eigenvalue weighted by Gasteiger charge is -2.07. The van der Waals surface area contributed by atoms with Crippen LogP contribution in [-0.4, -0.2) is 21.5 Å². The molecule has 0 bridgehead atoms. The molecule has 0 saturated carbocycles. The van der Waals surface area contributed by atoms with Crippen molar-refractivity contribution in [3.05, 3.63) is 29.8 Å². The summed E-state index contributed by atoms with van der Waals surface area (Å²) in [5.41, 5.74) is 0.195. The third-order valence-corrected chi connectivity index (χ3v) is 2.09. The van der Waals surface area contributed by atoms with Gasteiger partial charge in [0.05, 0.1) is 18.4 Å². The molecule has 0 radical (unpaired) electrons. The molecule has 0 atom stereocenters. The molecule has 0 aliphatic rings. The van der Waals surface area contributed by atoms with Crippen molar-refractivity contribution in [3.63, 3.8) is 0 Å². The fourth-order valence-electron chi connectivity index (χ4n) is 1.01. The van der Waals surface area contributed by atoms with Crippen molar-refractivity contribution in [2.75, 3.05) is 11.8 Å². The Morgan fingerprint density at radius 1 is 1.40 bits per heavy atom. The van der Waals surface area contributed by atoms with Crippen LogP contribution in [-0.2, 0) is 14.9 Å². The quantitative estimate of drug-likeness (QED) is 0.719. The highest BCUT2D eigenvalue weighted by Crippen LogP contribution is 2.16. The van der Waals surface area contributed by atoms with Crippen LogP contribution in [0, 0.1) is 0 Å². The number of benzene rings is 1. The van der Waals surface area contributed by atoms with Gasteiger partial charge < -0.3 is 4.74 Å².